The van der Waals surface area contributed by atoms with E-state index in [4.69, 9.17) is 0 Å². The van der Waals surface area contributed by atoms with Crippen molar-refractivity contribution in [2.24, 2.45) is 0 Å². The molecular formula is C13H20FNO. The summed E-state index contributed by atoms with van der Waals surface area (Å²) in [6.07, 6.45) is 1.03. The fourth-order valence-electron chi connectivity index (χ4n) is 1.86. The summed E-state index contributed by atoms with van der Waals surface area (Å²) in [6.45, 7) is 7.09. The molecule has 0 aliphatic rings. The van der Waals surface area contributed by atoms with Crippen LogP contribution in [0.2, 0.25) is 0 Å². The molecule has 3 heteroatoms. The molecule has 0 saturated heterocycles. The van der Waals surface area contributed by atoms with Gasteiger partial charge in [0, 0.05) is 23.8 Å². The fraction of sp³-hybridized carbons (Fsp3) is 0.538. The summed E-state index contributed by atoms with van der Waals surface area (Å²) in [5.74, 6) is -0.298. The Bertz CT molecular complexity index is 339. The molecule has 0 atom stereocenters. The van der Waals surface area contributed by atoms with Gasteiger partial charge in [-0.2, -0.15) is 0 Å². The standard InChI is InChI=1S/C13H20FNO/c1-4-7-15(10(2)3)13-6-5-12(14)8-11(13)9-16/h5-6,8,10,16H,4,7,9H2,1-3H3. The Hall–Kier alpha value is -1.09. The molecule has 1 N–H and O–H groups in total. The lowest BCUT2D eigenvalue weighted by Gasteiger charge is -2.30. The van der Waals surface area contributed by atoms with E-state index in [0.29, 0.717) is 11.6 Å². The predicted octanol–water partition coefficient (Wildman–Crippen LogP) is 2.94. The molecule has 0 unspecified atom stereocenters. The lowest BCUT2D eigenvalue weighted by Crippen LogP contribution is -2.32. The Morgan fingerprint density at radius 1 is 1.38 bits per heavy atom. The van der Waals surface area contributed by atoms with Gasteiger partial charge in [0.05, 0.1) is 6.61 Å². The number of aliphatic hydroxyl groups excluding tert-OH is 1. The van der Waals surface area contributed by atoms with Gasteiger partial charge in [0.1, 0.15) is 5.82 Å². The van der Waals surface area contributed by atoms with Gasteiger partial charge < -0.3 is 10.0 Å². The van der Waals surface area contributed by atoms with E-state index in [1.807, 2.05) is 0 Å². The number of anilines is 1. The molecule has 16 heavy (non-hydrogen) atoms. The molecule has 0 saturated carbocycles. The lowest BCUT2D eigenvalue weighted by atomic mass is 10.1. The van der Waals surface area contributed by atoms with Crippen LogP contribution in [0.5, 0.6) is 0 Å². The van der Waals surface area contributed by atoms with Crippen molar-refractivity contribution in [1.29, 1.82) is 0 Å². The highest BCUT2D eigenvalue weighted by molar-refractivity contribution is 5.54. The van der Waals surface area contributed by atoms with E-state index in [-0.39, 0.29) is 12.4 Å². The van der Waals surface area contributed by atoms with E-state index >= 15 is 0 Å². The molecule has 0 heterocycles. The average molecular weight is 225 g/mol. The largest absolute Gasteiger partial charge is 0.392 e. The van der Waals surface area contributed by atoms with Gasteiger partial charge in [0.15, 0.2) is 0 Å². The third-order valence-corrected chi connectivity index (χ3v) is 2.61. The summed E-state index contributed by atoms with van der Waals surface area (Å²) < 4.78 is 13.1. The van der Waals surface area contributed by atoms with Crippen molar-refractivity contribution in [3.63, 3.8) is 0 Å². The molecule has 2 nitrogen and oxygen atoms in total. The Balaban J connectivity index is 3.07. The number of hydrogen-bond donors (Lipinski definition) is 1. The molecule has 0 aliphatic carbocycles. The van der Waals surface area contributed by atoms with E-state index in [1.165, 1.54) is 12.1 Å². The van der Waals surface area contributed by atoms with Crippen LogP contribution >= 0.6 is 0 Å². The highest BCUT2D eigenvalue weighted by atomic mass is 19.1. The second kappa shape index (κ2) is 5.85. The van der Waals surface area contributed by atoms with Gasteiger partial charge in [0.25, 0.3) is 0 Å². The summed E-state index contributed by atoms with van der Waals surface area (Å²) in [7, 11) is 0. The minimum Gasteiger partial charge on any atom is -0.392 e. The molecule has 90 valence electrons. The monoisotopic (exact) mass is 225 g/mol. The minimum atomic E-state index is -0.298. The maximum absolute atomic E-state index is 13.1. The van der Waals surface area contributed by atoms with Crippen LogP contribution in [0, 0.1) is 5.82 Å². The molecule has 0 bridgehead atoms. The molecule has 0 fully saturated rings. The first-order valence-electron chi connectivity index (χ1n) is 5.76. The van der Waals surface area contributed by atoms with Crippen molar-refractivity contribution < 1.29 is 9.50 Å². The van der Waals surface area contributed by atoms with E-state index in [2.05, 4.69) is 25.7 Å². The smallest absolute Gasteiger partial charge is 0.123 e. The summed E-state index contributed by atoms with van der Waals surface area (Å²) >= 11 is 0. The zero-order chi connectivity index (χ0) is 12.1. The van der Waals surface area contributed by atoms with Gasteiger partial charge in [-0.3, -0.25) is 0 Å². The van der Waals surface area contributed by atoms with Gasteiger partial charge >= 0.3 is 0 Å². The quantitative estimate of drug-likeness (QED) is 0.832. The van der Waals surface area contributed by atoms with Crippen LogP contribution in [0.25, 0.3) is 0 Å². The van der Waals surface area contributed by atoms with Gasteiger partial charge in [-0.25, -0.2) is 4.39 Å². The molecule has 1 aromatic carbocycles. The van der Waals surface area contributed by atoms with Gasteiger partial charge in [-0.15, -0.1) is 0 Å². The Morgan fingerprint density at radius 2 is 2.06 bits per heavy atom. The van der Waals surface area contributed by atoms with E-state index in [1.54, 1.807) is 6.07 Å². The molecule has 0 amide bonds. The maximum Gasteiger partial charge on any atom is 0.123 e. The van der Waals surface area contributed by atoms with Crippen molar-refractivity contribution in [3.8, 4) is 0 Å². The highest BCUT2D eigenvalue weighted by Gasteiger charge is 2.13. The fourth-order valence-corrected chi connectivity index (χ4v) is 1.86. The topological polar surface area (TPSA) is 23.5 Å². The van der Waals surface area contributed by atoms with E-state index in [9.17, 15) is 9.50 Å². The number of nitrogens with zero attached hydrogens (tertiary/aromatic N) is 1. The van der Waals surface area contributed by atoms with Crippen LogP contribution < -0.4 is 4.90 Å². The van der Waals surface area contributed by atoms with Crippen LogP contribution in [-0.4, -0.2) is 17.7 Å². The molecule has 1 aromatic rings. The Kier molecular flexibility index (Phi) is 4.74. The lowest BCUT2D eigenvalue weighted by molar-refractivity contribution is 0.281. The van der Waals surface area contributed by atoms with Gasteiger partial charge in [-0.1, -0.05) is 6.92 Å². The van der Waals surface area contributed by atoms with Crippen molar-refractivity contribution >= 4 is 5.69 Å². The molecule has 1 rings (SSSR count). The van der Waals surface area contributed by atoms with Gasteiger partial charge in [-0.05, 0) is 38.5 Å². The van der Waals surface area contributed by atoms with Crippen molar-refractivity contribution in [3.05, 3.63) is 29.6 Å². The number of aliphatic hydroxyl groups is 1. The van der Waals surface area contributed by atoms with E-state index < -0.39 is 0 Å². The zero-order valence-electron chi connectivity index (χ0n) is 10.2. The summed E-state index contributed by atoms with van der Waals surface area (Å²) in [4.78, 5) is 2.19. The first kappa shape index (κ1) is 13.0. The molecular weight excluding hydrogens is 205 g/mol. The molecule has 0 radical (unpaired) electrons. The van der Waals surface area contributed by atoms with Crippen LogP contribution in [0.4, 0.5) is 10.1 Å². The minimum absolute atomic E-state index is 0.125. The predicted molar refractivity (Wildman–Crippen MR) is 65.1 cm³/mol. The van der Waals surface area contributed by atoms with Crippen molar-refractivity contribution in [1.82, 2.24) is 0 Å². The van der Waals surface area contributed by atoms with E-state index in [0.717, 1.165) is 18.7 Å². The SMILES string of the molecule is CCCN(c1ccc(F)cc1CO)C(C)C. The number of benzene rings is 1. The van der Waals surface area contributed by atoms with Crippen LogP contribution in [0.1, 0.15) is 32.8 Å². The number of halogens is 1. The Morgan fingerprint density at radius 3 is 2.56 bits per heavy atom. The number of hydrogen-bond acceptors (Lipinski definition) is 2. The second-order valence-corrected chi connectivity index (χ2v) is 4.22. The average Bonchev–Trinajstić information content (AvgIpc) is 2.26. The van der Waals surface area contributed by atoms with Gasteiger partial charge in [0.2, 0.25) is 0 Å². The first-order valence-corrected chi connectivity index (χ1v) is 5.76. The number of rotatable bonds is 5. The zero-order valence-corrected chi connectivity index (χ0v) is 10.2. The highest BCUT2D eigenvalue weighted by Crippen LogP contribution is 2.24. The van der Waals surface area contributed by atoms with Crippen LogP contribution in [0.3, 0.4) is 0 Å². The maximum atomic E-state index is 13.1. The van der Waals surface area contributed by atoms with Crippen LogP contribution in [-0.2, 0) is 6.61 Å². The molecule has 0 spiro atoms. The third-order valence-electron chi connectivity index (χ3n) is 2.61. The summed E-state index contributed by atoms with van der Waals surface area (Å²) in [6, 6.07) is 4.94. The van der Waals surface area contributed by atoms with Crippen molar-refractivity contribution in [2.75, 3.05) is 11.4 Å². The first-order chi connectivity index (χ1) is 7.60. The molecule has 0 aliphatic heterocycles. The summed E-state index contributed by atoms with van der Waals surface area (Å²) in [5, 5.41) is 9.25. The third kappa shape index (κ3) is 2.95. The van der Waals surface area contributed by atoms with Crippen LogP contribution in [0.15, 0.2) is 18.2 Å². The normalized spacial score (nSPS) is 10.9. The summed E-state index contributed by atoms with van der Waals surface area (Å²) in [5.41, 5.74) is 1.59. The second-order valence-electron chi connectivity index (χ2n) is 4.22. The Labute approximate surface area is 96.7 Å². The molecule has 0 aromatic heterocycles. The van der Waals surface area contributed by atoms with Crippen molar-refractivity contribution in [2.45, 2.75) is 39.8 Å².